The lowest BCUT2D eigenvalue weighted by Crippen LogP contribution is -2.41. The monoisotopic (exact) mass is 386 g/mol. The van der Waals surface area contributed by atoms with Crippen molar-refractivity contribution in [3.63, 3.8) is 0 Å². The number of hydrogen-bond donors (Lipinski definition) is 2. The fourth-order valence-corrected chi connectivity index (χ4v) is 4.57. The zero-order valence-electron chi connectivity index (χ0n) is 15.6. The van der Waals surface area contributed by atoms with Gasteiger partial charge in [0, 0.05) is 29.8 Å². The highest BCUT2D eigenvalue weighted by Gasteiger charge is 2.38. The first kappa shape index (κ1) is 18.7. The highest BCUT2D eigenvalue weighted by molar-refractivity contribution is 6.31. The molecule has 0 saturated carbocycles. The second-order valence-electron chi connectivity index (χ2n) is 7.45. The number of nitrogens with zero attached hydrogens (tertiary/aromatic N) is 2. The van der Waals surface area contributed by atoms with Crippen LogP contribution in [0.3, 0.4) is 0 Å². The fraction of sp³-hybridized carbons (Fsp3) is 0.524. The minimum absolute atomic E-state index is 0.176. The Morgan fingerprint density at radius 2 is 2.04 bits per heavy atom. The van der Waals surface area contributed by atoms with Crippen LogP contribution in [0.1, 0.15) is 43.4 Å². The summed E-state index contributed by atoms with van der Waals surface area (Å²) in [6, 6.07) is 10.2. The van der Waals surface area contributed by atoms with E-state index >= 15 is 0 Å². The van der Waals surface area contributed by atoms with Crippen molar-refractivity contribution in [2.45, 2.75) is 43.6 Å². The van der Waals surface area contributed by atoms with Gasteiger partial charge in [0.15, 0.2) is 0 Å². The molecule has 1 atom stereocenters. The molecule has 5 nitrogen and oxygen atoms in total. The molecule has 0 aliphatic carbocycles. The number of benzene rings is 1. The number of hydrogen-bond acceptors (Lipinski definition) is 5. The number of rotatable bonds is 5. The molecule has 2 N–H and O–H groups in total. The van der Waals surface area contributed by atoms with Gasteiger partial charge in [-0.15, -0.1) is 0 Å². The third kappa shape index (κ3) is 4.10. The minimum Gasteiger partial charge on any atom is -0.376 e. The maximum absolute atomic E-state index is 6.60. The largest absolute Gasteiger partial charge is 0.376 e. The summed E-state index contributed by atoms with van der Waals surface area (Å²) in [5, 5.41) is 7.65. The van der Waals surface area contributed by atoms with E-state index in [-0.39, 0.29) is 11.5 Å². The Bertz CT molecular complexity index is 757. The second kappa shape index (κ2) is 8.55. The highest BCUT2D eigenvalue weighted by atomic mass is 35.5. The van der Waals surface area contributed by atoms with Crippen LogP contribution in [-0.4, -0.2) is 42.3 Å². The van der Waals surface area contributed by atoms with Gasteiger partial charge in [-0.2, -0.15) is 0 Å². The van der Waals surface area contributed by atoms with Crippen LogP contribution in [0.4, 0.5) is 5.95 Å². The second-order valence-corrected chi connectivity index (χ2v) is 7.85. The standard InChI is InChI=1S/C21H27ClN4O/c22-18-7-2-1-6-17(18)21(9-12-23-13-10-21)19-8-11-24-20(26-19)25-15-16-5-3-4-14-27-16/h1-2,6-8,11,16,23H,3-5,9-10,12-15H2,(H,24,25,26)/t16-/m1/s1. The van der Waals surface area contributed by atoms with Gasteiger partial charge in [-0.3, -0.25) is 0 Å². The lowest BCUT2D eigenvalue weighted by molar-refractivity contribution is 0.0246. The van der Waals surface area contributed by atoms with E-state index in [9.17, 15) is 0 Å². The van der Waals surface area contributed by atoms with E-state index in [1.165, 1.54) is 6.42 Å². The van der Waals surface area contributed by atoms with Crippen molar-refractivity contribution in [3.05, 3.63) is 52.8 Å². The average Bonchev–Trinajstić information content (AvgIpc) is 2.74. The molecule has 2 saturated heterocycles. The zero-order chi connectivity index (χ0) is 18.5. The molecular formula is C21H27ClN4O. The van der Waals surface area contributed by atoms with Gasteiger partial charge in [-0.05, 0) is 62.9 Å². The number of halogens is 1. The zero-order valence-corrected chi connectivity index (χ0v) is 16.3. The maximum atomic E-state index is 6.60. The summed E-state index contributed by atoms with van der Waals surface area (Å²) >= 11 is 6.60. The van der Waals surface area contributed by atoms with Crippen LogP contribution in [-0.2, 0) is 10.2 Å². The van der Waals surface area contributed by atoms with Gasteiger partial charge in [0.2, 0.25) is 5.95 Å². The third-order valence-corrected chi connectivity index (χ3v) is 6.08. The lowest BCUT2D eigenvalue weighted by atomic mass is 9.70. The Kier molecular flexibility index (Phi) is 5.91. The Morgan fingerprint density at radius 3 is 2.81 bits per heavy atom. The van der Waals surface area contributed by atoms with E-state index in [0.717, 1.165) is 68.2 Å². The van der Waals surface area contributed by atoms with Gasteiger partial charge in [0.1, 0.15) is 0 Å². The Labute approximate surface area is 165 Å². The molecule has 1 aromatic carbocycles. The molecule has 4 rings (SSSR count). The highest BCUT2D eigenvalue weighted by Crippen LogP contribution is 2.42. The molecule has 3 heterocycles. The summed E-state index contributed by atoms with van der Waals surface area (Å²) in [6.45, 7) is 3.52. The van der Waals surface area contributed by atoms with Crippen LogP contribution in [0.2, 0.25) is 5.02 Å². The SMILES string of the molecule is Clc1ccccc1C1(c2ccnc(NC[C@H]3CCCCO3)n2)CCNCC1. The number of aromatic nitrogens is 2. The summed E-state index contributed by atoms with van der Waals surface area (Å²) in [5.74, 6) is 0.673. The Morgan fingerprint density at radius 1 is 1.19 bits per heavy atom. The van der Waals surface area contributed by atoms with E-state index in [0.29, 0.717) is 5.95 Å². The van der Waals surface area contributed by atoms with E-state index in [1.54, 1.807) is 0 Å². The van der Waals surface area contributed by atoms with Crippen LogP contribution in [0.5, 0.6) is 0 Å². The average molecular weight is 387 g/mol. The number of ether oxygens (including phenoxy) is 1. The number of piperidine rings is 1. The van der Waals surface area contributed by atoms with Crippen molar-refractivity contribution >= 4 is 17.5 Å². The first-order valence-electron chi connectivity index (χ1n) is 9.93. The molecule has 2 aromatic rings. The summed E-state index contributed by atoms with van der Waals surface area (Å²) in [4.78, 5) is 9.35. The Hall–Kier alpha value is -1.69. The maximum Gasteiger partial charge on any atom is 0.222 e. The predicted octanol–water partition coefficient (Wildman–Crippen LogP) is 3.78. The number of nitrogens with one attached hydrogen (secondary N) is 2. The molecular weight excluding hydrogens is 360 g/mol. The molecule has 0 bridgehead atoms. The van der Waals surface area contributed by atoms with Gasteiger partial charge in [0.05, 0.1) is 11.8 Å². The molecule has 2 aliphatic rings. The molecule has 0 radical (unpaired) electrons. The molecule has 6 heteroatoms. The summed E-state index contributed by atoms with van der Waals surface area (Å²) < 4.78 is 5.81. The fourth-order valence-electron chi connectivity index (χ4n) is 4.25. The first-order chi connectivity index (χ1) is 13.3. The molecule has 2 aliphatic heterocycles. The molecule has 144 valence electrons. The Balaban J connectivity index is 1.60. The van der Waals surface area contributed by atoms with Crippen molar-refractivity contribution in [2.24, 2.45) is 0 Å². The normalized spacial score (nSPS) is 22.3. The van der Waals surface area contributed by atoms with E-state index in [2.05, 4.69) is 27.8 Å². The molecule has 27 heavy (non-hydrogen) atoms. The lowest BCUT2D eigenvalue weighted by Gasteiger charge is -2.38. The smallest absolute Gasteiger partial charge is 0.222 e. The van der Waals surface area contributed by atoms with E-state index in [1.807, 2.05) is 24.4 Å². The summed E-state index contributed by atoms with van der Waals surface area (Å²) in [5.41, 5.74) is 2.03. The van der Waals surface area contributed by atoms with Crippen molar-refractivity contribution in [3.8, 4) is 0 Å². The van der Waals surface area contributed by atoms with E-state index in [4.69, 9.17) is 21.3 Å². The van der Waals surface area contributed by atoms with Crippen molar-refractivity contribution in [1.29, 1.82) is 0 Å². The van der Waals surface area contributed by atoms with Gasteiger partial charge >= 0.3 is 0 Å². The first-order valence-corrected chi connectivity index (χ1v) is 10.3. The molecule has 0 amide bonds. The molecule has 0 unspecified atom stereocenters. The van der Waals surface area contributed by atoms with Crippen molar-refractivity contribution in [1.82, 2.24) is 15.3 Å². The summed E-state index contributed by atoms with van der Waals surface area (Å²) in [6.07, 6.45) is 7.54. The summed E-state index contributed by atoms with van der Waals surface area (Å²) in [7, 11) is 0. The molecule has 0 spiro atoms. The third-order valence-electron chi connectivity index (χ3n) is 5.75. The topological polar surface area (TPSA) is 59.1 Å². The quantitative estimate of drug-likeness (QED) is 0.818. The van der Waals surface area contributed by atoms with Crippen LogP contribution in [0.25, 0.3) is 0 Å². The molecule has 2 fully saturated rings. The van der Waals surface area contributed by atoms with Gasteiger partial charge in [-0.1, -0.05) is 29.8 Å². The van der Waals surface area contributed by atoms with Gasteiger partial charge in [0.25, 0.3) is 0 Å². The predicted molar refractivity (Wildman–Crippen MR) is 108 cm³/mol. The van der Waals surface area contributed by atoms with Crippen LogP contribution in [0, 0.1) is 0 Å². The van der Waals surface area contributed by atoms with Gasteiger partial charge < -0.3 is 15.4 Å². The van der Waals surface area contributed by atoms with E-state index < -0.39 is 0 Å². The number of anilines is 1. The van der Waals surface area contributed by atoms with Crippen molar-refractivity contribution < 1.29 is 4.74 Å². The van der Waals surface area contributed by atoms with Gasteiger partial charge in [-0.25, -0.2) is 9.97 Å². The van der Waals surface area contributed by atoms with Crippen molar-refractivity contribution in [2.75, 3.05) is 31.6 Å². The van der Waals surface area contributed by atoms with Crippen LogP contribution >= 0.6 is 11.6 Å². The molecule has 1 aromatic heterocycles. The van der Waals surface area contributed by atoms with Crippen LogP contribution in [0.15, 0.2) is 36.5 Å². The van der Waals surface area contributed by atoms with Crippen LogP contribution < -0.4 is 10.6 Å². The minimum atomic E-state index is -0.176.